The lowest BCUT2D eigenvalue weighted by Crippen LogP contribution is -2.31. The van der Waals surface area contributed by atoms with Gasteiger partial charge in [-0.3, -0.25) is 4.79 Å². The first-order valence-electron chi connectivity index (χ1n) is 7.99. The Hall–Kier alpha value is -1.39. The second kappa shape index (κ2) is 7.25. The summed E-state index contributed by atoms with van der Waals surface area (Å²) < 4.78 is 5.32. The number of hydrogen-bond acceptors (Lipinski definition) is 3. The predicted molar refractivity (Wildman–Crippen MR) is 86.7 cm³/mol. The molecule has 0 bridgehead atoms. The number of benzene rings is 1. The van der Waals surface area contributed by atoms with E-state index in [1.165, 1.54) is 18.4 Å². The van der Waals surface area contributed by atoms with E-state index in [0.29, 0.717) is 12.5 Å². The number of aliphatic hydroxyl groups is 1. The molecule has 4 heteroatoms. The summed E-state index contributed by atoms with van der Waals surface area (Å²) in [6.07, 6.45) is 1.73. The maximum absolute atomic E-state index is 11.6. The maximum atomic E-state index is 11.6. The number of rotatable bonds is 7. The van der Waals surface area contributed by atoms with E-state index in [4.69, 9.17) is 4.74 Å². The first-order valence-corrected chi connectivity index (χ1v) is 7.99. The van der Waals surface area contributed by atoms with Gasteiger partial charge in [0.2, 0.25) is 5.91 Å². The number of hydrogen-bond donors (Lipinski definition) is 2. The van der Waals surface area contributed by atoms with Crippen LogP contribution < -0.4 is 5.32 Å². The van der Waals surface area contributed by atoms with Gasteiger partial charge in [0.05, 0.1) is 12.7 Å². The molecule has 1 amide bonds. The summed E-state index contributed by atoms with van der Waals surface area (Å²) in [7, 11) is 0. The molecule has 0 heterocycles. The average molecular weight is 305 g/mol. The number of nitrogens with one attached hydrogen (secondary N) is 1. The summed E-state index contributed by atoms with van der Waals surface area (Å²) >= 11 is 0. The lowest BCUT2D eigenvalue weighted by molar-refractivity contribution is -0.126. The highest BCUT2D eigenvalue weighted by molar-refractivity contribution is 5.77. The van der Waals surface area contributed by atoms with Crippen LogP contribution >= 0.6 is 0 Å². The zero-order chi connectivity index (χ0) is 16.2. The fourth-order valence-electron chi connectivity index (χ4n) is 2.19. The Kier molecular flexibility index (Phi) is 5.59. The van der Waals surface area contributed by atoms with Crippen LogP contribution in [0.5, 0.6) is 0 Å². The molecule has 1 aliphatic rings. The molecule has 2 N–H and O–H groups in total. The molecular formula is C18H27NO3. The van der Waals surface area contributed by atoms with Gasteiger partial charge >= 0.3 is 0 Å². The molecule has 1 saturated carbocycles. The zero-order valence-electron chi connectivity index (χ0n) is 13.8. The molecule has 1 aliphatic carbocycles. The molecular weight excluding hydrogens is 278 g/mol. The van der Waals surface area contributed by atoms with Crippen molar-refractivity contribution in [1.29, 1.82) is 0 Å². The first kappa shape index (κ1) is 17.0. The quantitative estimate of drug-likeness (QED) is 0.814. The van der Waals surface area contributed by atoms with Gasteiger partial charge in [0.25, 0.3) is 0 Å². The number of ether oxygens (including phenoxy) is 1. The molecule has 0 spiro atoms. The molecule has 1 aromatic rings. The fourth-order valence-corrected chi connectivity index (χ4v) is 2.19. The fraction of sp³-hybridized carbons (Fsp3) is 0.611. The molecule has 2 rings (SSSR count). The minimum absolute atomic E-state index is 0.0756. The van der Waals surface area contributed by atoms with Gasteiger partial charge in [0.15, 0.2) is 0 Å². The summed E-state index contributed by atoms with van der Waals surface area (Å²) in [5.74, 6) is 0.478. The van der Waals surface area contributed by atoms with Gasteiger partial charge in [-0.2, -0.15) is 0 Å². The van der Waals surface area contributed by atoms with Crippen LogP contribution in [0.3, 0.4) is 0 Å². The molecule has 1 atom stereocenters. The van der Waals surface area contributed by atoms with Crippen LogP contribution in [0.1, 0.15) is 50.8 Å². The van der Waals surface area contributed by atoms with E-state index in [1.54, 1.807) is 0 Å². The van der Waals surface area contributed by atoms with Crippen molar-refractivity contribution in [3.05, 3.63) is 35.4 Å². The van der Waals surface area contributed by atoms with E-state index in [-0.39, 0.29) is 24.5 Å². The Balaban J connectivity index is 1.73. The third-order valence-electron chi connectivity index (χ3n) is 3.94. The average Bonchev–Trinajstić information content (AvgIpc) is 3.28. The van der Waals surface area contributed by atoms with Crippen LogP contribution in [0.2, 0.25) is 0 Å². The standard InChI is InChI=1S/C18H27NO3/c1-18(2,3)15-8-6-14(7-9-15)16(20)10-19-17(21)12-22-11-13-4-5-13/h6-9,13,16,20H,4-5,10-12H2,1-3H3,(H,19,21). The van der Waals surface area contributed by atoms with Gasteiger partial charge in [-0.25, -0.2) is 0 Å². The Labute approximate surface area is 132 Å². The maximum Gasteiger partial charge on any atom is 0.246 e. The molecule has 0 aromatic heterocycles. The van der Waals surface area contributed by atoms with Crippen molar-refractivity contribution < 1.29 is 14.6 Å². The van der Waals surface area contributed by atoms with Crippen molar-refractivity contribution in [2.75, 3.05) is 19.8 Å². The van der Waals surface area contributed by atoms with Gasteiger partial charge in [0.1, 0.15) is 6.61 Å². The van der Waals surface area contributed by atoms with E-state index in [1.807, 2.05) is 24.3 Å². The van der Waals surface area contributed by atoms with Crippen molar-refractivity contribution in [1.82, 2.24) is 5.32 Å². The van der Waals surface area contributed by atoms with Crippen LogP contribution in [0, 0.1) is 5.92 Å². The lowest BCUT2D eigenvalue weighted by atomic mass is 9.86. The normalized spacial score (nSPS) is 16.4. The molecule has 1 aromatic carbocycles. The molecule has 0 radical (unpaired) electrons. The SMILES string of the molecule is CC(C)(C)c1ccc(C(O)CNC(=O)COCC2CC2)cc1. The van der Waals surface area contributed by atoms with Crippen molar-refractivity contribution in [3.8, 4) is 0 Å². The molecule has 0 saturated heterocycles. The molecule has 4 nitrogen and oxygen atoms in total. The third-order valence-corrected chi connectivity index (χ3v) is 3.94. The Morgan fingerprint density at radius 2 is 1.95 bits per heavy atom. The number of aliphatic hydroxyl groups excluding tert-OH is 1. The summed E-state index contributed by atoms with van der Waals surface area (Å²) in [6, 6.07) is 7.89. The lowest BCUT2D eigenvalue weighted by Gasteiger charge is -2.20. The first-order chi connectivity index (χ1) is 10.4. The van der Waals surface area contributed by atoms with Gasteiger partial charge in [0, 0.05) is 6.54 Å². The van der Waals surface area contributed by atoms with Crippen LogP contribution in [-0.2, 0) is 14.9 Å². The molecule has 22 heavy (non-hydrogen) atoms. The summed E-state index contributed by atoms with van der Waals surface area (Å²) in [5.41, 5.74) is 2.13. The summed E-state index contributed by atoms with van der Waals surface area (Å²) in [4.78, 5) is 11.6. The van der Waals surface area contributed by atoms with Crippen LogP contribution in [-0.4, -0.2) is 30.8 Å². The second-order valence-corrected chi connectivity index (χ2v) is 7.15. The van der Waals surface area contributed by atoms with E-state index in [2.05, 4.69) is 26.1 Å². The minimum Gasteiger partial charge on any atom is -0.387 e. The molecule has 122 valence electrons. The highest BCUT2D eigenvalue weighted by atomic mass is 16.5. The summed E-state index contributed by atoms with van der Waals surface area (Å²) in [5, 5.41) is 12.8. The van der Waals surface area contributed by atoms with Gasteiger partial charge < -0.3 is 15.2 Å². The van der Waals surface area contributed by atoms with Gasteiger partial charge in [-0.1, -0.05) is 45.0 Å². The smallest absolute Gasteiger partial charge is 0.246 e. The summed E-state index contributed by atoms with van der Waals surface area (Å²) in [6.45, 7) is 7.41. The van der Waals surface area contributed by atoms with Crippen molar-refractivity contribution in [2.45, 2.75) is 45.1 Å². The Bertz CT molecular complexity index is 486. The number of carbonyl (C=O) groups is 1. The van der Waals surface area contributed by atoms with Crippen molar-refractivity contribution >= 4 is 5.91 Å². The van der Waals surface area contributed by atoms with Crippen molar-refractivity contribution in [3.63, 3.8) is 0 Å². The molecule has 1 fully saturated rings. The Morgan fingerprint density at radius 3 is 2.50 bits per heavy atom. The third kappa shape index (κ3) is 5.43. The van der Waals surface area contributed by atoms with E-state index >= 15 is 0 Å². The van der Waals surface area contributed by atoms with Crippen molar-refractivity contribution in [2.24, 2.45) is 5.92 Å². The molecule has 1 unspecified atom stereocenters. The predicted octanol–water partition coefficient (Wildman–Crippen LogP) is 2.56. The topological polar surface area (TPSA) is 58.6 Å². The van der Waals surface area contributed by atoms with Gasteiger partial charge in [-0.05, 0) is 35.3 Å². The number of amides is 1. The monoisotopic (exact) mass is 305 g/mol. The van der Waals surface area contributed by atoms with Crippen LogP contribution in [0.25, 0.3) is 0 Å². The van der Waals surface area contributed by atoms with Crippen LogP contribution in [0.15, 0.2) is 24.3 Å². The highest BCUT2D eigenvalue weighted by Crippen LogP contribution is 2.28. The van der Waals surface area contributed by atoms with Gasteiger partial charge in [-0.15, -0.1) is 0 Å². The highest BCUT2D eigenvalue weighted by Gasteiger charge is 2.21. The number of carbonyl (C=O) groups excluding carboxylic acids is 1. The van der Waals surface area contributed by atoms with E-state index in [0.717, 1.165) is 5.56 Å². The Morgan fingerprint density at radius 1 is 1.32 bits per heavy atom. The van der Waals surface area contributed by atoms with E-state index in [9.17, 15) is 9.90 Å². The zero-order valence-corrected chi connectivity index (χ0v) is 13.8. The largest absolute Gasteiger partial charge is 0.387 e. The second-order valence-electron chi connectivity index (χ2n) is 7.15. The minimum atomic E-state index is -0.693. The van der Waals surface area contributed by atoms with Crippen LogP contribution in [0.4, 0.5) is 0 Å². The molecule has 0 aliphatic heterocycles. The van der Waals surface area contributed by atoms with E-state index < -0.39 is 6.10 Å².